The molecule has 1 saturated heterocycles. The first-order valence-electron chi connectivity index (χ1n) is 27.7. The molecule has 0 bridgehead atoms. The Morgan fingerprint density at radius 3 is 0.787 bits per heavy atom. The van der Waals surface area contributed by atoms with Crippen LogP contribution in [0.3, 0.4) is 0 Å². The maximum absolute atomic E-state index is 11.6. The smallest absolute Gasteiger partial charge is 0.335 e. The average Bonchev–Trinajstić information content (AvgIpc) is 3.75. The second-order valence-corrected chi connectivity index (χ2v) is 16.3. The van der Waals surface area contributed by atoms with Gasteiger partial charge >= 0.3 is 11.9 Å². The number of hydrogen-bond acceptors (Lipinski definition) is 24. The summed E-state index contributed by atoms with van der Waals surface area (Å²) < 4.78 is 85.5. The van der Waals surface area contributed by atoms with Crippen LogP contribution in [0.2, 0.25) is 0 Å². The number of hydroxylamine groups is 2. The van der Waals surface area contributed by atoms with Gasteiger partial charge in [-0.1, -0.05) is 20.8 Å². The molecule has 0 atom stereocenters. The van der Waals surface area contributed by atoms with Gasteiger partial charge in [0.1, 0.15) is 0 Å². The summed E-state index contributed by atoms with van der Waals surface area (Å²) in [4.78, 5) is 73.1. The van der Waals surface area contributed by atoms with Crippen molar-refractivity contribution in [2.45, 2.75) is 60.3 Å². The molecule has 0 saturated carbocycles. The van der Waals surface area contributed by atoms with E-state index < -0.39 is 23.8 Å². The number of imide groups is 1. The molecule has 80 heavy (non-hydrogen) atoms. The topological polar surface area (TPSA) is 310 Å². The third-order valence-electron chi connectivity index (χ3n) is 9.90. The summed E-state index contributed by atoms with van der Waals surface area (Å²) >= 11 is 0. The van der Waals surface area contributed by atoms with Crippen molar-refractivity contribution in [3.63, 3.8) is 0 Å². The molecule has 0 aromatic rings. The number of hydrogen-bond donors (Lipinski definition) is 3. The Balaban J connectivity index is 0. The van der Waals surface area contributed by atoms with Crippen LogP contribution in [0.15, 0.2) is 0 Å². The van der Waals surface area contributed by atoms with Crippen molar-refractivity contribution in [3.05, 3.63) is 0 Å². The fourth-order valence-corrected chi connectivity index (χ4v) is 5.67. The first-order valence-corrected chi connectivity index (χ1v) is 27.7. The van der Waals surface area contributed by atoms with Crippen LogP contribution < -0.4 is 10.6 Å². The van der Waals surface area contributed by atoms with Crippen molar-refractivity contribution in [1.82, 2.24) is 20.6 Å². The molecule has 28 heteroatoms. The lowest BCUT2D eigenvalue weighted by molar-refractivity contribution is -0.198. The van der Waals surface area contributed by atoms with Gasteiger partial charge < -0.3 is 101 Å². The van der Waals surface area contributed by atoms with E-state index in [1.54, 1.807) is 0 Å². The van der Waals surface area contributed by atoms with Crippen LogP contribution >= 0.6 is 0 Å². The summed E-state index contributed by atoms with van der Waals surface area (Å²) in [5.41, 5.74) is 0. The number of carbonyl (C=O) groups is 6. The van der Waals surface area contributed by atoms with Gasteiger partial charge in [-0.2, -0.15) is 0 Å². The lowest BCUT2D eigenvalue weighted by atomic mass is 10.4. The van der Waals surface area contributed by atoms with Crippen LogP contribution in [-0.4, -0.2) is 295 Å². The zero-order valence-electron chi connectivity index (χ0n) is 48.7. The first-order chi connectivity index (χ1) is 39.0. The molecule has 1 heterocycles. The van der Waals surface area contributed by atoms with Gasteiger partial charge in [0, 0.05) is 39.8 Å². The number of ether oxygens (including phenoxy) is 16. The minimum Gasteiger partial charge on any atom is -0.481 e. The number of carboxylic acid groups (broad SMARTS) is 1. The van der Waals surface area contributed by atoms with E-state index in [1.165, 1.54) is 33.5 Å². The van der Waals surface area contributed by atoms with Crippen molar-refractivity contribution < 1.29 is 115 Å². The van der Waals surface area contributed by atoms with Gasteiger partial charge in [-0.3, -0.25) is 24.0 Å². The number of amides is 4. The minimum atomic E-state index is -0.874. The maximum Gasteiger partial charge on any atom is 0.335 e. The third kappa shape index (κ3) is 63.5. The number of nitrogens with zero attached hydrogens (tertiary/aromatic N) is 2. The largest absolute Gasteiger partial charge is 0.481 e. The SMILES string of the molecule is CC(=O)NCCOCCOCCOCCOCCOCCOCCOCCOCCC(=O)O.CC(=O)NCCOCCOCCOCCOCCOCCOCCOCCOCCC(=O)ON1C(=O)CCC1=O.CCN(CC)CC. The Bertz CT molecular complexity index is 1360. The molecule has 1 fully saturated rings. The molecule has 3 N–H and O–H groups in total. The Kier molecular flexibility index (Phi) is 63.2. The van der Waals surface area contributed by atoms with Gasteiger partial charge in [-0.15, -0.1) is 5.06 Å². The number of rotatable bonds is 58. The molecule has 4 amide bonds. The third-order valence-corrected chi connectivity index (χ3v) is 9.90. The van der Waals surface area contributed by atoms with Crippen molar-refractivity contribution in [2.24, 2.45) is 0 Å². The minimum absolute atomic E-state index is 0.000924. The second-order valence-electron chi connectivity index (χ2n) is 16.3. The Morgan fingerprint density at radius 2 is 0.588 bits per heavy atom. The van der Waals surface area contributed by atoms with Gasteiger partial charge in [0.15, 0.2) is 0 Å². The van der Waals surface area contributed by atoms with E-state index in [2.05, 4.69) is 36.3 Å². The van der Waals surface area contributed by atoms with Gasteiger partial charge in [0.25, 0.3) is 11.8 Å². The fraction of sp³-hybridized carbons (Fsp3) is 0.885. The normalized spacial score (nSPS) is 12.1. The number of carboxylic acids is 1. The molecule has 0 radical (unpaired) electrons. The molecule has 1 aliphatic heterocycles. The van der Waals surface area contributed by atoms with E-state index in [1.807, 2.05) is 0 Å². The summed E-state index contributed by atoms with van der Waals surface area (Å²) in [5, 5.41) is 14.3. The van der Waals surface area contributed by atoms with Gasteiger partial charge in [-0.05, 0) is 19.6 Å². The zero-order valence-corrected chi connectivity index (χ0v) is 48.7. The molecular formula is C52H100N4O24. The Labute approximate surface area is 474 Å². The molecule has 0 spiro atoms. The summed E-state index contributed by atoms with van der Waals surface area (Å²) in [6.07, 6.45) is 0.0450. The van der Waals surface area contributed by atoms with Crippen LogP contribution in [0, 0.1) is 0 Å². The summed E-state index contributed by atoms with van der Waals surface area (Å²) in [7, 11) is 0. The predicted molar refractivity (Wildman–Crippen MR) is 288 cm³/mol. The first kappa shape index (κ1) is 78.4. The van der Waals surface area contributed by atoms with Crippen LogP contribution in [0.1, 0.15) is 60.3 Å². The molecule has 1 rings (SSSR count). The van der Waals surface area contributed by atoms with E-state index in [-0.39, 0.29) is 57.3 Å². The maximum atomic E-state index is 11.6. The van der Waals surface area contributed by atoms with Crippen molar-refractivity contribution in [1.29, 1.82) is 0 Å². The highest BCUT2D eigenvalue weighted by atomic mass is 16.7. The number of aliphatic carboxylic acids is 1. The molecule has 28 nitrogen and oxygen atoms in total. The van der Waals surface area contributed by atoms with E-state index in [9.17, 15) is 28.8 Å². The number of carbonyl (C=O) groups excluding carboxylic acids is 5. The molecule has 472 valence electrons. The fourth-order valence-electron chi connectivity index (χ4n) is 5.67. The Morgan fingerprint density at radius 1 is 0.375 bits per heavy atom. The quantitative estimate of drug-likeness (QED) is 0.0546. The molecule has 0 unspecified atom stereocenters. The van der Waals surface area contributed by atoms with E-state index in [4.69, 9.17) is 85.7 Å². The van der Waals surface area contributed by atoms with Crippen molar-refractivity contribution in [3.8, 4) is 0 Å². The molecule has 0 aromatic carbocycles. The van der Waals surface area contributed by atoms with E-state index in [0.717, 1.165) is 0 Å². The van der Waals surface area contributed by atoms with Crippen LogP contribution in [0.4, 0.5) is 0 Å². The highest BCUT2D eigenvalue weighted by Gasteiger charge is 2.32. The highest BCUT2D eigenvalue weighted by Crippen LogP contribution is 2.12. The summed E-state index contributed by atoms with van der Waals surface area (Å²) in [6.45, 7) is 27.9. The summed E-state index contributed by atoms with van der Waals surface area (Å²) in [6, 6.07) is 0. The molecular weight excluding hydrogens is 1060 g/mol. The molecule has 0 aliphatic carbocycles. The lowest BCUT2D eigenvalue weighted by Crippen LogP contribution is -2.32. The average molecular weight is 1170 g/mol. The van der Waals surface area contributed by atoms with Gasteiger partial charge in [-0.25, -0.2) is 4.79 Å². The molecule has 0 aromatic heterocycles. The van der Waals surface area contributed by atoms with E-state index in [0.29, 0.717) is 210 Å². The standard InChI is InChI=1S/C25H44N2O13.C21H41NO11.C6H15N/c1-22(28)26-5-7-33-9-11-35-13-15-37-17-19-39-21-20-38-18-16-36-14-12-34-10-8-32-6-4-25(31)40-27-23(29)2-3-24(27)30;1-20(23)22-3-5-27-7-9-29-11-13-31-15-17-33-19-18-32-16-14-30-12-10-28-8-6-26-4-2-21(24)25;1-4-7(5-2)6-3/h2-21H2,1H3,(H,26,28);2-19H2,1H3,(H,22,23)(H,24,25);4-6H2,1-3H3. The van der Waals surface area contributed by atoms with Gasteiger partial charge in [0.05, 0.1) is 224 Å². The van der Waals surface area contributed by atoms with Crippen molar-refractivity contribution >= 4 is 35.6 Å². The van der Waals surface area contributed by atoms with Crippen molar-refractivity contribution in [2.75, 3.05) is 244 Å². The van der Waals surface area contributed by atoms with Crippen LogP contribution in [0.5, 0.6) is 0 Å². The summed E-state index contributed by atoms with van der Waals surface area (Å²) in [5.74, 6) is -2.73. The van der Waals surface area contributed by atoms with E-state index >= 15 is 0 Å². The van der Waals surface area contributed by atoms with Crippen LogP contribution in [0.25, 0.3) is 0 Å². The highest BCUT2D eigenvalue weighted by molar-refractivity contribution is 6.01. The Hall–Kier alpha value is -3.66. The predicted octanol–water partition coefficient (Wildman–Crippen LogP) is 0.331. The zero-order chi connectivity index (χ0) is 59.0. The van der Waals surface area contributed by atoms with Gasteiger partial charge in [0.2, 0.25) is 11.8 Å². The molecule has 1 aliphatic rings. The second kappa shape index (κ2) is 64.5. The number of nitrogens with one attached hydrogen (secondary N) is 2. The lowest BCUT2D eigenvalue weighted by Gasteiger charge is -2.13. The monoisotopic (exact) mass is 1160 g/mol. The van der Waals surface area contributed by atoms with Crippen LogP contribution in [-0.2, 0) is 109 Å².